The monoisotopic (exact) mass is 263 g/mol. The molecule has 0 aliphatic heterocycles. The molecule has 0 aromatic carbocycles. The van der Waals surface area contributed by atoms with Crippen LogP contribution in [0.1, 0.15) is 23.0 Å². The summed E-state index contributed by atoms with van der Waals surface area (Å²) in [6.45, 7) is 1.89. The lowest BCUT2D eigenvalue weighted by atomic mass is 10.1. The Morgan fingerprint density at radius 1 is 1.33 bits per heavy atom. The zero-order valence-corrected chi connectivity index (χ0v) is 10.7. The van der Waals surface area contributed by atoms with Crippen molar-refractivity contribution in [1.82, 2.24) is 20.4 Å². The van der Waals surface area contributed by atoms with Gasteiger partial charge in [0.05, 0.1) is 28.6 Å². The first-order valence-corrected chi connectivity index (χ1v) is 5.91. The van der Waals surface area contributed by atoms with Gasteiger partial charge < -0.3 is 0 Å². The molecule has 0 saturated heterocycles. The fourth-order valence-electron chi connectivity index (χ4n) is 1.62. The molecule has 5 nitrogen and oxygen atoms in total. The highest BCUT2D eigenvalue weighted by Gasteiger charge is 2.14. The van der Waals surface area contributed by atoms with Crippen LogP contribution in [0.4, 0.5) is 0 Å². The summed E-state index contributed by atoms with van der Waals surface area (Å²) in [5.74, 6) is 5.56. The largest absolute Gasteiger partial charge is 0.271 e. The molecule has 0 saturated carbocycles. The predicted octanol–water partition coefficient (Wildman–Crippen LogP) is 1.58. The van der Waals surface area contributed by atoms with Crippen LogP contribution >= 0.6 is 11.6 Å². The van der Waals surface area contributed by atoms with Gasteiger partial charge in [0.2, 0.25) is 0 Å². The van der Waals surface area contributed by atoms with Crippen molar-refractivity contribution in [2.24, 2.45) is 5.84 Å². The van der Waals surface area contributed by atoms with Gasteiger partial charge >= 0.3 is 0 Å². The molecule has 94 valence electrons. The summed E-state index contributed by atoms with van der Waals surface area (Å²) in [5, 5.41) is 0.623. The number of halogens is 1. The molecule has 0 aliphatic rings. The number of hydrogen-bond acceptors (Lipinski definition) is 5. The maximum absolute atomic E-state index is 6.07. The molecule has 0 bridgehead atoms. The molecule has 0 spiro atoms. The van der Waals surface area contributed by atoms with Crippen molar-refractivity contribution in [3.63, 3.8) is 0 Å². The van der Waals surface area contributed by atoms with E-state index in [1.54, 1.807) is 24.8 Å². The number of hydrazine groups is 1. The third kappa shape index (κ3) is 3.01. The Hall–Kier alpha value is -1.56. The minimum Gasteiger partial charge on any atom is -0.271 e. The Kier molecular flexibility index (Phi) is 4.19. The molecule has 0 aliphatic carbocycles. The van der Waals surface area contributed by atoms with Crippen molar-refractivity contribution in [1.29, 1.82) is 0 Å². The SMILES string of the molecule is Cc1cnc(C(Cc2ccncc2Cl)NN)cn1. The molecule has 6 heteroatoms. The van der Waals surface area contributed by atoms with Gasteiger partial charge in [-0.15, -0.1) is 0 Å². The zero-order valence-electron chi connectivity index (χ0n) is 9.97. The van der Waals surface area contributed by atoms with E-state index in [4.69, 9.17) is 17.4 Å². The first-order valence-electron chi connectivity index (χ1n) is 5.53. The van der Waals surface area contributed by atoms with Crippen molar-refractivity contribution in [2.45, 2.75) is 19.4 Å². The number of nitrogens with two attached hydrogens (primary N) is 1. The lowest BCUT2D eigenvalue weighted by Crippen LogP contribution is -2.30. The van der Waals surface area contributed by atoms with E-state index in [1.807, 2.05) is 13.0 Å². The fraction of sp³-hybridized carbons (Fsp3) is 0.250. The van der Waals surface area contributed by atoms with Gasteiger partial charge in [0, 0.05) is 18.6 Å². The summed E-state index contributed by atoms with van der Waals surface area (Å²) in [5.41, 5.74) is 5.36. The second kappa shape index (κ2) is 5.86. The molecule has 2 aromatic heterocycles. The lowest BCUT2D eigenvalue weighted by Gasteiger charge is -2.15. The number of aryl methyl sites for hydroxylation is 1. The van der Waals surface area contributed by atoms with Gasteiger partial charge in [-0.05, 0) is 25.0 Å². The normalized spacial score (nSPS) is 12.4. The standard InChI is InChI=1S/C12H14ClN5/c1-8-5-17-12(7-16-8)11(18-14)4-9-2-3-15-6-10(9)13/h2-3,5-7,11,18H,4,14H2,1H3. The third-order valence-corrected chi connectivity index (χ3v) is 2.98. The summed E-state index contributed by atoms with van der Waals surface area (Å²) in [6.07, 6.45) is 7.39. The maximum atomic E-state index is 6.07. The Balaban J connectivity index is 2.20. The van der Waals surface area contributed by atoms with Crippen molar-refractivity contribution in [3.8, 4) is 0 Å². The third-order valence-electron chi connectivity index (χ3n) is 2.64. The van der Waals surface area contributed by atoms with Crippen LogP contribution in [0.2, 0.25) is 5.02 Å². The number of nitrogens with zero attached hydrogens (tertiary/aromatic N) is 3. The van der Waals surface area contributed by atoms with E-state index >= 15 is 0 Å². The van der Waals surface area contributed by atoms with E-state index in [2.05, 4.69) is 20.4 Å². The van der Waals surface area contributed by atoms with Crippen molar-refractivity contribution >= 4 is 11.6 Å². The van der Waals surface area contributed by atoms with Gasteiger partial charge in [0.15, 0.2) is 0 Å². The molecule has 0 radical (unpaired) electrons. The molecular weight excluding hydrogens is 250 g/mol. The average Bonchev–Trinajstić information content (AvgIpc) is 2.39. The van der Waals surface area contributed by atoms with Gasteiger partial charge in [-0.2, -0.15) is 0 Å². The second-order valence-electron chi connectivity index (χ2n) is 3.97. The summed E-state index contributed by atoms with van der Waals surface area (Å²) in [6, 6.07) is 1.74. The topological polar surface area (TPSA) is 76.7 Å². The van der Waals surface area contributed by atoms with Crippen LogP contribution in [-0.2, 0) is 6.42 Å². The molecule has 3 N–H and O–H groups in total. The highest BCUT2D eigenvalue weighted by Crippen LogP contribution is 2.20. The molecule has 1 atom stereocenters. The quantitative estimate of drug-likeness (QED) is 0.647. The van der Waals surface area contributed by atoms with Gasteiger partial charge in [-0.25, -0.2) is 0 Å². The van der Waals surface area contributed by atoms with E-state index in [1.165, 1.54) is 0 Å². The van der Waals surface area contributed by atoms with Crippen LogP contribution in [-0.4, -0.2) is 15.0 Å². The maximum Gasteiger partial charge on any atom is 0.0773 e. The molecule has 0 amide bonds. The van der Waals surface area contributed by atoms with Crippen LogP contribution in [0.25, 0.3) is 0 Å². The van der Waals surface area contributed by atoms with Gasteiger partial charge in [-0.3, -0.25) is 26.2 Å². The Morgan fingerprint density at radius 2 is 2.17 bits per heavy atom. The van der Waals surface area contributed by atoms with E-state index in [-0.39, 0.29) is 6.04 Å². The number of pyridine rings is 1. The first kappa shape index (κ1) is 12.9. The van der Waals surface area contributed by atoms with E-state index in [0.29, 0.717) is 11.4 Å². The Bertz CT molecular complexity index is 514. The molecule has 2 rings (SSSR count). The van der Waals surface area contributed by atoms with Crippen molar-refractivity contribution in [2.75, 3.05) is 0 Å². The molecule has 0 fully saturated rings. The van der Waals surface area contributed by atoms with Crippen LogP contribution in [0.15, 0.2) is 30.9 Å². The molecule has 18 heavy (non-hydrogen) atoms. The van der Waals surface area contributed by atoms with Crippen LogP contribution in [0.5, 0.6) is 0 Å². The van der Waals surface area contributed by atoms with Crippen LogP contribution < -0.4 is 11.3 Å². The number of hydrogen-bond donors (Lipinski definition) is 2. The predicted molar refractivity (Wildman–Crippen MR) is 69.8 cm³/mol. The van der Waals surface area contributed by atoms with E-state index in [0.717, 1.165) is 17.0 Å². The fourth-order valence-corrected chi connectivity index (χ4v) is 1.82. The van der Waals surface area contributed by atoms with Gasteiger partial charge in [0.1, 0.15) is 0 Å². The first-order chi connectivity index (χ1) is 8.70. The summed E-state index contributed by atoms with van der Waals surface area (Å²) in [7, 11) is 0. The Labute approximate surface area is 110 Å². The average molecular weight is 264 g/mol. The number of rotatable bonds is 4. The van der Waals surface area contributed by atoms with Crippen LogP contribution in [0, 0.1) is 6.92 Å². The smallest absolute Gasteiger partial charge is 0.0773 e. The lowest BCUT2D eigenvalue weighted by molar-refractivity contribution is 0.535. The number of nitrogens with one attached hydrogen (secondary N) is 1. The number of aromatic nitrogens is 3. The highest BCUT2D eigenvalue weighted by molar-refractivity contribution is 6.31. The van der Waals surface area contributed by atoms with Crippen molar-refractivity contribution < 1.29 is 0 Å². The van der Waals surface area contributed by atoms with E-state index in [9.17, 15) is 0 Å². The zero-order chi connectivity index (χ0) is 13.0. The summed E-state index contributed by atoms with van der Waals surface area (Å²) in [4.78, 5) is 12.5. The second-order valence-corrected chi connectivity index (χ2v) is 4.38. The van der Waals surface area contributed by atoms with Crippen LogP contribution in [0.3, 0.4) is 0 Å². The summed E-state index contributed by atoms with van der Waals surface area (Å²) < 4.78 is 0. The van der Waals surface area contributed by atoms with Crippen molar-refractivity contribution in [3.05, 3.63) is 52.8 Å². The Morgan fingerprint density at radius 3 is 2.78 bits per heavy atom. The van der Waals surface area contributed by atoms with Gasteiger partial charge in [0.25, 0.3) is 0 Å². The van der Waals surface area contributed by atoms with Gasteiger partial charge in [-0.1, -0.05) is 11.6 Å². The molecule has 2 heterocycles. The highest BCUT2D eigenvalue weighted by atomic mass is 35.5. The van der Waals surface area contributed by atoms with E-state index < -0.39 is 0 Å². The summed E-state index contributed by atoms with van der Waals surface area (Å²) >= 11 is 6.07. The molecular formula is C12H14ClN5. The minimum absolute atomic E-state index is 0.127. The minimum atomic E-state index is -0.127. The molecule has 1 unspecified atom stereocenters. The molecule has 2 aromatic rings.